The maximum atomic E-state index is 13.1. The minimum atomic E-state index is -7.76. The van der Waals surface area contributed by atoms with E-state index in [-0.39, 0.29) is 0 Å². The molecule has 0 aliphatic heterocycles. The van der Waals surface area contributed by atoms with Gasteiger partial charge in [0.15, 0.2) is 6.17 Å². The second kappa shape index (κ2) is 6.21. The standard InChI is InChI=1S/C9H6F13OSi/c1-3(10)5(13,14)7(17,18)9(21,22)8(19,20)6(15,16)4(11,12)2-23-24/h3H,2H2,1H3. The van der Waals surface area contributed by atoms with Crippen LogP contribution < -0.4 is 0 Å². The lowest BCUT2D eigenvalue weighted by molar-refractivity contribution is -0.429. The normalized spacial score (nSPS) is 17.1. The first kappa shape index (κ1) is 23.3. The quantitative estimate of drug-likeness (QED) is 0.433. The molecule has 24 heavy (non-hydrogen) atoms. The Hall–Kier alpha value is -0.733. The van der Waals surface area contributed by atoms with Gasteiger partial charge in [0.2, 0.25) is 10.5 Å². The molecule has 0 aromatic rings. The summed E-state index contributed by atoms with van der Waals surface area (Å²) in [5.41, 5.74) is 0. The van der Waals surface area contributed by atoms with E-state index in [9.17, 15) is 57.1 Å². The van der Waals surface area contributed by atoms with Crippen molar-refractivity contribution in [2.24, 2.45) is 0 Å². The Morgan fingerprint density at radius 3 is 1.33 bits per heavy atom. The molecule has 1 nitrogen and oxygen atoms in total. The molecule has 1 atom stereocenters. The molecule has 1 unspecified atom stereocenters. The van der Waals surface area contributed by atoms with Crippen LogP contribution in [0.2, 0.25) is 0 Å². The zero-order valence-electron chi connectivity index (χ0n) is 11.1. The molecular formula is C9H6F13OSi. The summed E-state index contributed by atoms with van der Waals surface area (Å²) in [4.78, 5) is 0. The predicted octanol–water partition coefficient (Wildman–Crippen LogP) is 4.26. The molecule has 0 saturated heterocycles. The van der Waals surface area contributed by atoms with Crippen LogP contribution in [0.25, 0.3) is 0 Å². The highest BCUT2D eigenvalue weighted by Crippen LogP contribution is 2.60. The topological polar surface area (TPSA) is 9.23 Å². The first-order chi connectivity index (χ1) is 10.3. The van der Waals surface area contributed by atoms with Crippen LogP contribution in [0.3, 0.4) is 0 Å². The number of hydrogen-bond donors (Lipinski definition) is 0. The smallest absolute Gasteiger partial charge is 0.384 e. The molecule has 0 aliphatic carbocycles. The molecule has 0 bridgehead atoms. The van der Waals surface area contributed by atoms with Crippen molar-refractivity contribution in [2.75, 3.05) is 6.61 Å². The minimum absolute atomic E-state index is 0.451. The Kier molecular flexibility index (Phi) is 6.02. The summed E-state index contributed by atoms with van der Waals surface area (Å²) in [6.45, 7) is -3.16. The van der Waals surface area contributed by atoms with Gasteiger partial charge in [-0.05, 0) is 6.92 Å². The zero-order chi connectivity index (χ0) is 20.0. The van der Waals surface area contributed by atoms with Crippen LogP contribution in [-0.2, 0) is 4.43 Å². The molecule has 3 radical (unpaired) electrons. The van der Waals surface area contributed by atoms with Gasteiger partial charge in [-0.25, -0.2) is 4.39 Å². The lowest BCUT2D eigenvalue weighted by Crippen LogP contribution is -2.72. The largest absolute Gasteiger partial charge is 0.412 e. The van der Waals surface area contributed by atoms with Gasteiger partial charge in [0.1, 0.15) is 6.61 Å². The van der Waals surface area contributed by atoms with E-state index in [0.29, 0.717) is 0 Å². The van der Waals surface area contributed by atoms with Crippen molar-refractivity contribution in [3.63, 3.8) is 0 Å². The van der Waals surface area contributed by atoms with Crippen molar-refractivity contribution in [1.82, 2.24) is 0 Å². The SMILES string of the molecule is CC(F)C(F)(F)C(F)(F)C(F)(F)C(F)(F)C(F)(F)C(F)(F)CO[Si]. The molecule has 0 fully saturated rings. The van der Waals surface area contributed by atoms with Gasteiger partial charge in [-0.3, -0.25) is 0 Å². The van der Waals surface area contributed by atoms with E-state index in [0.717, 1.165) is 0 Å². The van der Waals surface area contributed by atoms with Gasteiger partial charge < -0.3 is 4.43 Å². The molecule has 0 heterocycles. The van der Waals surface area contributed by atoms with E-state index in [4.69, 9.17) is 0 Å². The molecule has 0 rings (SSSR count). The van der Waals surface area contributed by atoms with Crippen LogP contribution in [0.5, 0.6) is 0 Å². The molecule has 0 aromatic heterocycles. The van der Waals surface area contributed by atoms with Gasteiger partial charge in [-0.1, -0.05) is 0 Å². The van der Waals surface area contributed by atoms with Gasteiger partial charge in [0.25, 0.3) is 0 Å². The van der Waals surface area contributed by atoms with E-state index in [1.165, 1.54) is 0 Å². The van der Waals surface area contributed by atoms with Crippen molar-refractivity contribution >= 4 is 10.5 Å². The predicted molar refractivity (Wildman–Crippen MR) is 52.0 cm³/mol. The number of alkyl halides is 13. The van der Waals surface area contributed by atoms with Gasteiger partial charge >= 0.3 is 35.5 Å². The number of halogens is 13. The summed E-state index contributed by atoms with van der Waals surface area (Å²) >= 11 is 0. The highest BCUT2D eigenvalue weighted by atomic mass is 28.2. The maximum absolute atomic E-state index is 13.1. The van der Waals surface area contributed by atoms with E-state index in [1.807, 2.05) is 0 Å². The van der Waals surface area contributed by atoms with Crippen molar-refractivity contribution in [3.8, 4) is 0 Å². The molecule has 143 valence electrons. The molecule has 0 N–H and O–H groups in total. The summed E-state index contributed by atoms with van der Waals surface area (Å²) in [5.74, 6) is -42.9. The van der Waals surface area contributed by atoms with Crippen LogP contribution >= 0.6 is 0 Å². The first-order valence-corrected chi connectivity index (χ1v) is 5.86. The third-order valence-corrected chi connectivity index (χ3v) is 2.96. The fraction of sp³-hybridized carbons (Fsp3) is 1.00. The summed E-state index contributed by atoms with van der Waals surface area (Å²) in [7, 11) is 1.67. The number of rotatable bonds is 8. The van der Waals surface area contributed by atoms with E-state index >= 15 is 0 Å². The molecule has 0 spiro atoms. The summed E-state index contributed by atoms with van der Waals surface area (Å²) in [5, 5.41) is 0. The second-order valence-corrected chi connectivity index (χ2v) is 4.82. The Morgan fingerprint density at radius 1 is 0.708 bits per heavy atom. The second-order valence-electron chi connectivity index (χ2n) is 4.53. The van der Waals surface area contributed by atoms with Gasteiger partial charge in [0, 0.05) is 0 Å². The molecule has 0 amide bonds. The minimum Gasteiger partial charge on any atom is -0.412 e. The van der Waals surface area contributed by atoms with Crippen molar-refractivity contribution < 1.29 is 61.5 Å². The fourth-order valence-electron chi connectivity index (χ4n) is 1.26. The van der Waals surface area contributed by atoms with Crippen molar-refractivity contribution in [2.45, 2.75) is 48.6 Å². The van der Waals surface area contributed by atoms with Gasteiger partial charge in [-0.15, -0.1) is 0 Å². The lowest BCUT2D eigenvalue weighted by Gasteiger charge is -2.41. The third kappa shape index (κ3) is 2.97. The molecule has 0 aliphatic rings. The molecule has 15 heteroatoms. The lowest BCUT2D eigenvalue weighted by atomic mass is 9.90. The molecule has 0 aromatic carbocycles. The monoisotopic (exact) mass is 405 g/mol. The Morgan fingerprint density at radius 2 is 1.04 bits per heavy atom. The third-order valence-electron chi connectivity index (χ3n) is 2.81. The van der Waals surface area contributed by atoms with E-state index in [1.54, 1.807) is 10.5 Å². The Balaban J connectivity index is 6.27. The average molecular weight is 405 g/mol. The summed E-state index contributed by atoms with van der Waals surface area (Å²) in [6.07, 6.45) is -4.20. The Labute approximate surface area is 128 Å². The van der Waals surface area contributed by atoms with Crippen molar-refractivity contribution in [3.05, 3.63) is 0 Å². The average Bonchev–Trinajstić information content (AvgIpc) is 2.37. The first-order valence-electron chi connectivity index (χ1n) is 5.45. The number of hydrogen-bond acceptors (Lipinski definition) is 1. The van der Waals surface area contributed by atoms with Crippen molar-refractivity contribution in [1.29, 1.82) is 0 Å². The maximum Gasteiger partial charge on any atom is 0.384 e. The molecule has 0 saturated carbocycles. The summed E-state index contributed by atoms with van der Waals surface area (Å²) in [6, 6.07) is 0. The highest BCUT2D eigenvalue weighted by molar-refractivity contribution is 5.97. The van der Waals surface area contributed by atoms with Crippen LogP contribution in [0, 0.1) is 0 Å². The van der Waals surface area contributed by atoms with Crippen LogP contribution in [-0.4, -0.2) is 58.8 Å². The highest BCUT2D eigenvalue weighted by Gasteiger charge is 2.90. The van der Waals surface area contributed by atoms with Crippen LogP contribution in [0.15, 0.2) is 0 Å². The molecular weight excluding hydrogens is 399 g/mol. The van der Waals surface area contributed by atoms with Crippen LogP contribution in [0.1, 0.15) is 6.92 Å². The zero-order valence-corrected chi connectivity index (χ0v) is 12.1. The van der Waals surface area contributed by atoms with Gasteiger partial charge in [0.05, 0.1) is 0 Å². The van der Waals surface area contributed by atoms with Gasteiger partial charge in [-0.2, -0.15) is 52.7 Å². The summed E-state index contributed by atoms with van der Waals surface area (Å²) < 4.78 is 171. The van der Waals surface area contributed by atoms with E-state index in [2.05, 4.69) is 4.43 Å². The Bertz CT molecular complexity index is 447. The fourth-order valence-corrected chi connectivity index (χ4v) is 1.45. The van der Waals surface area contributed by atoms with Crippen LogP contribution in [0.4, 0.5) is 57.1 Å². The van der Waals surface area contributed by atoms with E-state index < -0.39 is 55.2 Å².